The maximum atomic E-state index is 13.1. The molecule has 4 rings (SSSR count). The van der Waals surface area contributed by atoms with Gasteiger partial charge in [0.05, 0.1) is 17.6 Å². The Morgan fingerprint density at radius 2 is 1.63 bits per heavy atom. The fourth-order valence-corrected chi connectivity index (χ4v) is 5.64. The van der Waals surface area contributed by atoms with Crippen molar-refractivity contribution < 1.29 is 17.6 Å². The Hall–Kier alpha value is -2.64. The summed E-state index contributed by atoms with van der Waals surface area (Å²) in [7, 11) is -3.57. The smallest absolute Gasteiger partial charge is 0.243 e. The van der Waals surface area contributed by atoms with Crippen molar-refractivity contribution in [2.75, 3.05) is 26.2 Å². The van der Waals surface area contributed by atoms with Crippen LogP contribution in [0.5, 0.6) is 0 Å². The highest BCUT2D eigenvalue weighted by Crippen LogP contribution is 2.25. The summed E-state index contributed by atoms with van der Waals surface area (Å²) in [6.45, 7) is 7.06. The highest BCUT2D eigenvalue weighted by atomic mass is 32.2. The minimum Gasteiger partial charge on any atom is -0.464 e. The quantitative estimate of drug-likeness (QED) is 0.641. The molecule has 0 spiro atoms. The first-order valence-corrected chi connectivity index (χ1v) is 11.5. The van der Waals surface area contributed by atoms with Crippen molar-refractivity contribution in [1.82, 2.24) is 9.21 Å². The number of aryl methyl sites for hydroxylation is 3. The van der Waals surface area contributed by atoms with Crippen LogP contribution in [0.3, 0.4) is 0 Å². The largest absolute Gasteiger partial charge is 0.464 e. The zero-order chi connectivity index (χ0) is 21.5. The number of carbonyl (C=O) groups excluding carboxylic acids is 1. The van der Waals surface area contributed by atoms with Crippen LogP contribution in [0.4, 0.5) is 0 Å². The SMILES string of the molecule is Cc1ccc(C)c(S(=O)(=O)N2CCN(C(=O)Cc3coc4cc(C)ccc34)CC2)c1. The third-order valence-corrected chi connectivity index (χ3v) is 7.75. The van der Waals surface area contributed by atoms with Gasteiger partial charge in [-0.25, -0.2) is 8.42 Å². The molecule has 0 bridgehead atoms. The molecule has 0 radical (unpaired) electrons. The molecule has 0 unspecified atom stereocenters. The average molecular weight is 427 g/mol. The van der Waals surface area contributed by atoms with Crippen molar-refractivity contribution in [3.8, 4) is 0 Å². The first-order chi connectivity index (χ1) is 14.3. The lowest BCUT2D eigenvalue weighted by Crippen LogP contribution is -2.50. The van der Waals surface area contributed by atoms with Gasteiger partial charge in [-0.2, -0.15) is 4.31 Å². The van der Waals surface area contributed by atoms with Crippen molar-refractivity contribution in [2.45, 2.75) is 32.1 Å². The van der Waals surface area contributed by atoms with E-state index in [1.807, 2.05) is 51.1 Å². The van der Waals surface area contributed by atoms with Crippen LogP contribution < -0.4 is 0 Å². The van der Waals surface area contributed by atoms with Crippen molar-refractivity contribution in [1.29, 1.82) is 0 Å². The second-order valence-corrected chi connectivity index (χ2v) is 9.90. The number of amides is 1. The molecule has 30 heavy (non-hydrogen) atoms. The first kappa shape index (κ1) is 20.6. The van der Waals surface area contributed by atoms with Crippen LogP contribution in [0.15, 0.2) is 52.0 Å². The van der Waals surface area contributed by atoms with E-state index in [2.05, 4.69) is 0 Å². The number of carbonyl (C=O) groups is 1. The van der Waals surface area contributed by atoms with E-state index in [0.29, 0.717) is 31.1 Å². The molecule has 7 heteroatoms. The topological polar surface area (TPSA) is 70.8 Å². The Bertz CT molecular complexity index is 1210. The molecule has 1 aliphatic heterocycles. The molecule has 1 saturated heterocycles. The van der Waals surface area contributed by atoms with Crippen molar-refractivity contribution in [3.05, 3.63) is 64.9 Å². The minimum absolute atomic E-state index is 0.0120. The van der Waals surface area contributed by atoms with Gasteiger partial charge in [0, 0.05) is 37.1 Å². The predicted molar refractivity (Wildman–Crippen MR) is 116 cm³/mol. The lowest BCUT2D eigenvalue weighted by atomic mass is 10.1. The highest BCUT2D eigenvalue weighted by Gasteiger charge is 2.31. The highest BCUT2D eigenvalue weighted by molar-refractivity contribution is 7.89. The molecular formula is C23H26N2O4S. The Morgan fingerprint density at radius 1 is 0.967 bits per heavy atom. The number of sulfonamides is 1. The van der Waals surface area contributed by atoms with Gasteiger partial charge >= 0.3 is 0 Å². The van der Waals surface area contributed by atoms with Crippen LogP contribution in [0, 0.1) is 20.8 Å². The van der Waals surface area contributed by atoms with Crippen molar-refractivity contribution in [2.24, 2.45) is 0 Å². The maximum absolute atomic E-state index is 13.1. The number of rotatable bonds is 4. The number of benzene rings is 2. The fourth-order valence-electron chi connectivity index (χ4n) is 3.90. The number of piperazine rings is 1. The van der Waals surface area contributed by atoms with E-state index >= 15 is 0 Å². The number of hydrogen-bond acceptors (Lipinski definition) is 4. The van der Waals surface area contributed by atoms with Gasteiger partial charge in [0.1, 0.15) is 5.58 Å². The number of furan rings is 1. The van der Waals surface area contributed by atoms with Gasteiger partial charge in [0.15, 0.2) is 0 Å². The molecule has 0 saturated carbocycles. The van der Waals surface area contributed by atoms with Gasteiger partial charge in [-0.1, -0.05) is 24.3 Å². The van der Waals surface area contributed by atoms with Crippen LogP contribution >= 0.6 is 0 Å². The molecule has 0 aliphatic carbocycles. The summed E-state index contributed by atoms with van der Waals surface area (Å²) in [6.07, 6.45) is 1.89. The fraction of sp³-hybridized carbons (Fsp3) is 0.348. The average Bonchev–Trinajstić information content (AvgIpc) is 3.11. The molecule has 1 amide bonds. The molecule has 0 N–H and O–H groups in total. The summed E-state index contributed by atoms with van der Waals surface area (Å²) >= 11 is 0. The molecule has 6 nitrogen and oxygen atoms in total. The van der Waals surface area contributed by atoms with Gasteiger partial charge in [-0.3, -0.25) is 4.79 Å². The Morgan fingerprint density at radius 3 is 2.37 bits per heavy atom. The van der Waals surface area contributed by atoms with E-state index in [1.165, 1.54) is 4.31 Å². The van der Waals surface area contributed by atoms with E-state index in [-0.39, 0.29) is 12.3 Å². The van der Waals surface area contributed by atoms with E-state index < -0.39 is 10.0 Å². The molecule has 2 aromatic carbocycles. The summed E-state index contributed by atoms with van der Waals surface area (Å²) in [6, 6.07) is 11.4. The van der Waals surface area contributed by atoms with Crippen LogP contribution in [0.25, 0.3) is 11.0 Å². The van der Waals surface area contributed by atoms with E-state index in [1.54, 1.807) is 17.2 Å². The Kier molecular flexibility index (Phi) is 5.42. The maximum Gasteiger partial charge on any atom is 0.243 e. The number of fused-ring (bicyclic) bond motifs is 1. The predicted octanol–water partition coefficient (Wildman–Crippen LogP) is 3.43. The van der Waals surface area contributed by atoms with Crippen LogP contribution in [-0.2, 0) is 21.2 Å². The summed E-state index contributed by atoms with van der Waals surface area (Å²) in [4.78, 5) is 14.9. The van der Waals surface area contributed by atoms with Gasteiger partial charge in [0.25, 0.3) is 0 Å². The van der Waals surface area contributed by atoms with Crippen molar-refractivity contribution >= 4 is 26.9 Å². The molecule has 1 fully saturated rings. The first-order valence-electron chi connectivity index (χ1n) is 10.1. The van der Waals surface area contributed by atoms with Gasteiger partial charge in [-0.05, 0) is 49.6 Å². The molecule has 158 valence electrons. The Labute approximate surface area is 177 Å². The third kappa shape index (κ3) is 3.87. The second kappa shape index (κ2) is 7.89. The second-order valence-electron chi connectivity index (χ2n) is 7.99. The molecule has 1 aromatic heterocycles. The van der Waals surface area contributed by atoms with Crippen molar-refractivity contribution in [3.63, 3.8) is 0 Å². The van der Waals surface area contributed by atoms with Gasteiger partial charge in [-0.15, -0.1) is 0 Å². The van der Waals surface area contributed by atoms with E-state index in [4.69, 9.17) is 4.42 Å². The summed E-state index contributed by atoms with van der Waals surface area (Å²) in [5.74, 6) is -0.0120. The van der Waals surface area contributed by atoms with Crippen LogP contribution in [0.1, 0.15) is 22.3 Å². The monoisotopic (exact) mass is 426 g/mol. The number of nitrogens with zero attached hydrogens (tertiary/aromatic N) is 2. The van der Waals surface area contributed by atoms with Crippen LogP contribution in [0.2, 0.25) is 0 Å². The number of hydrogen-bond donors (Lipinski definition) is 0. The van der Waals surface area contributed by atoms with E-state index in [9.17, 15) is 13.2 Å². The lowest BCUT2D eigenvalue weighted by molar-refractivity contribution is -0.131. The zero-order valence-corrected chi connectivity index (χ0v) is 18.3. The summed E-state index contributed by atoms with van der Waals surface area (Å²) in [5, 5.41) is 0.949. The third-order valence-electron chi connectivity index (χ3n) is 5.71. The molecule has 2 heterocycles. The van der Waals surface area contributed by atoms with Gasteiger partial charge < -0.3 is 9.32 Å². The van der Waals surface area contributed by atoms with Gasteiger partial charge in [0.2, 0.25) is 15.9 Å². The van der Waals surface area contributed by atoms with Crippen LogP contribution in [-0.4, -0.2) is 49.7 Å². The van der Waals surface area contributed by atoms with E-state index in [0.717, 1.165) is 33.2 Å². The molecular weight excluding hydrogens is 400 g/mol. The normalized spacial score (nSPS) is 15.6. The molecule has 0 atom stereocenters. The standard InChI is InChI=1S/C23H26N2O4S/c1-16-5-7-20-19(15-29-21(20)12-16)14-23(26)24-8-10-25(11-9-24)30(27,28)22-13-17(2)4-6-18(22)3/h4-7,12-13,15H,8-11,14H2,1-3H3. The minimum atomic E-state index is -3.57. The lowest BCUT2D eigenvalue weighted by Gasteiger charge is -2.34. The molecule has 3 aromatic rings. The molecule has 1 aliphatic rings. The summed E-state index contributed by atoms with van der Waals surface area (Å²) < 4.78 is 33.2. The Balaban J connectivity index is 1.43. The zero-order valence-electron chi connectivity index (χ0n) is 17.5. The summed E-state index contributed by atoms with van der Waals surface area (Å²) in [5.41, 5.74) is 4.40.